The Balaban J connectivity index is 1.90. The van der Waals surface area contributed by atoms with Gasteiger partial charge in [-0.3, -0.25) is 10.1 Å². The second-order valence-electron chi connectivity index (χ2n) is 7.58. The number of rotatable bonds is 6. The summed E-state index contributed by atoms with van der Waals surface area (Å²) in [5.74, 6) is 0.286. The number of nitrogens with zero attached hydrogens (tertiary/aromatic N) is 3. The molecule has 158 valence electrons. The summed E-state index contributed by atoms with van der Waals surface area (Å²) in [5.41, 5.74) is 0.715. The molecule has 0 amide bonds. The molecule has 1 aromatic heterocycles. The van der Waals surface area contributed by atoms with Gasteiger partial charge in [0.25, 0.3) is 10.9 Å². The Kier molecular flexibility index (Phi) is 5.97. The van der Waals surface area contributed by atoms with Crippen molar-refractivity contribution in [1.82, 2.24) is 14.9 Å². The normalized spacial score (nSPS) is 12.1. The molecule has 1 N–H and O–H groups in total. The molecule has 0 saturated carbocycles. The van der Waals surface area contributed by atoms with Crippen LogP contribution in [0.5, 0.6) is 0 Å². The van der Waals surface area contributed by atoms with E-state index in [2.05, 4.69) is 14.9 Å². The highest BCUT2D eigenvalue weighted by Crippen LogP contribution is 2.36. The van der Waals surface area contributed by atoms with Crippen LogP contribution in [-0.2, 0) is 10.0 Å². The van der Waals surface area contributed by atoms with E-state index in [9.17, 15) is 18.5 Å². The van der Waals surface area contributed by atoms with Gasteiger partial charge in [-0.2, -0.15) is 0 Å². The number of hydrogen-bond donors (Lipinski definition) is 1. The molecule has 0 saturated heterocycles. The van der Waals surface area contributed by atoms with Gasteiger partial charge in [-0.25, -0.2) is 13.1 Å². The lowest BCUT2D eigenvalue weighted by atomic mass is 10.1. The van der Waals surface area contributed by atoms with E-state index < -0.39 is 20.5 Å². The fourth-order valence-electron chi connectivity index (χ4n) is 2.51. The highest BCUT2D eigenvalue weighted by Gasteiger charge is 2.26. The fourth-order valence-corrected chi connectivity index (χ4v) is 4.72. The number of sulfonamides is 1. The zero-order chi connectivity index (χ0) is 22.1. The quantitative estimate of drug-likeness (QED) is 0.439. The maximum absolute atomic E-state index is 12.5. The van der Waals surface area contributed by atoms with E-state index in [1.54, 1.807) is 20.8 Å². The van der Waals surface area contributed by atoms with Crippen LogP contribution >= 0.6 is 11.8 Å². The molecule has 0 spiro atoms. The maximum atomic E-state index is 12.5. The van der Waals surface area contributed by atoms with Crippen LogP contribution in [0, 0.1) is 17.0 Å². The monoisotopic (exact) mass is 448 g/mol. The van der Waals surface area contributed by atoms with E-state index in [0.717, 1.165) is 29.0 Å². The molecular formula is C19H20N4O5S2. The summed E-state index contributed by atoms with van der Waals surface area (Å²) in [7, 11) is -3.91. The van der Waals surface area contributed by atoms with Crippen LogP contribution in [0.3, 0.4) is 0 Å². The summed E-state index contributed by atoms with van der Waals surface area (Å²) < 4.78 is 33.1. The maximum Gasteiger partial charge on any atom is 0.284 e. The molecule has 0 atom stereocenters. The Morgan fingerprint density at radius 2 is 1.77 bits per heavy atom. The van der Waals surface area contributed by atoms with Gasteiger partial charge in [-0.1, -0.05) is 17.7 Å². The van der Waals surface area contributed by atoms with Crippen LogP contribution in [-0.4, -0.2) is 29.1 Å². The molecule has 0 aliphatic carbocycles. The molecule has 0 aliphatic rings. The van der Waals surface area contributed by atoms with Gasteiger partial charge in [0.2, 0.25) is 15.9 Å². The number of aromatic nitrogens is 2. The molecule has 30 heavy (non-hydrogen) atoms. The van der Waals surface area contributed by atoms with Crippen molar-refractivity contribution in [3.63, 3.8) is 0 Å². The van der Waals surface area contributed by atoms with Crippen molar-refractivity contribution in [2.75, 3.05) is 0 Å². The van der Waals surface area contributed by atoms with E-state index in [1.165, 1.54) is 12.1 Å². The number of hydrogen-bond acceptors (Lipinski definition) is 8. The lowest BCUT2D eigenvalue weighted by molar-refractivity contribution is -0.388. The first-order valence-electron chi connectivity index (χ1n) is 8.85. The second kappa shape index (κ2) is 8.17. The zero-order valence-corrected chi connectivity index (χ0v) is 18.4. The van der Waals surface area contributed by atoms with Gasteiger partial charge in [0.05, 0.1) is 14.7 Å². The molecule has 3 aromatic rings. The number of nitro groups is 1. The molecule has 0 unspecified atom stereocenters. The van der Waals surface area contributed by atoms with Crippen LogP contribution < -0.4 is 4.72 Å². The Morgan fingerprint density at radius 3 is 2.37 bits per heavy atom. The van der Waals surface area contributed by atoms with Gasteiger partial charge in [0, 0.05) is 17.2 Å². The largest absolute Gasteiger partial charge is 0.411 e. The average Bonchev–Trinajstić information content (AvgIpc) is 3.09. The topological polar surface area (TPSA) is 128 Å². The van der Waals surface area contributed by atoms with Crippen molar-refractivity contribution in [2.24, 2.45) is 0 Å². The lowest BCUT2D eigenvalue weighted by Gasteiger charge is -2.20. The van der Waals surface area contributed by atoms with E-state index in [1.807, 2.05) is 31.2 Å². The first-order chi connectivity index (χ1) is 13.9. The highest BCUT2D eigenvalue weighted by molar-refractivity contribution is 7.99. The van der Waals surface area contributed by atoms with Gasteiger partial charge >= 0.3 is 0 Å². The average molecular weight is 449 g/mol. The first kappa shape index (κ1) is 21.9. The van der Waals surface area contributed by atoms with Crippen LogP contribution in [0.1, 0.15) is 26.3 Å². The third-order valence-corrected chi connectivity index (χ3v) is 6.44. The van der Waals surface area contributed by atoms with Crippen molar-refractivity contribution in [3.8, 4) is 11.5 Å². The number of nitrogens with one attached hydrogen (secondary N) is 1. The van der Waals surface area contributed by atoms with Crippen LogP contribution in [0.2, 0.25) is 0 Å². The molecule has 0 aliphatic heterocycles. The molecule has 1 heterocycles. The summed E-state index contributed by atoms with van der Waals surface area (Å²) in [5, 5.41) is 19.5. The number of nitro benzene ring substituents is 1. The molecule has 0 bridgehead atoms. The van der Waals surface area contributed by atoms with Gasteiger partial charge in [-0.15, -0.1) is 10.2 Å². The van der Waals surface area contributed by atoms with Crippen molar-refractivity contribution >= 4 is 27.5 Å². The Labute approximate surface area is 178 Å². The molecule has 0 fully saturated rings. The van der Waals surface area contributed by atoms with Crippen LogP contribution in [0.15, 0.2) is 61.9 Å². The minimum Gasteiger partial charge on any atom is -0.411 e. The van der Waals surface area contributed by atoms with Crippen LogP contribution in [0.4, 0.5) is 5.69 Å². The van der Waals surface area contributed by atoms with E-state index in [-0.39, 0.29) is 26.6 Å². The summed E-state index contributed by atoms with van der Waals surface area (Å²) in [6, 6.07) is 11.2. The van der Waals surface area contributed by atoms with E-state index >= 15 is 0 Å². The van der Waals surface area contributed by atoms with Gasteiger partial charge in [-0.05, 0) is 63.7 Å². The highest BCUT2D eigenvalue weighted by atomic mass is 32.2. The van der Waals surface area contributed by atoms with Crippen LogP contribution in [0.25, 0.3) is 11.5 Å². The van der Waals surface area contributed by atoms with Crippen molar-refractivity contribution in [2.45, 2.75) is 48.2 Å². The third-order valence-electron chi connectivity index (χ3n) is 3.78. The van der Waals surface area contributed by atoms with Gasteiger partial charge < -0.3 is 4.42 Å². The molecule has 2 aromatic carbocycles. The predicted octanol–water partition coefficient (Wildman–Crippen LogP) is 4.18. The number of benzene rings is 2. The molecule has 11 heteroatoms. The van der Waals surface area contributed by atoms with E-state index in [0.29, 0.717) is 0 Å². The molecule has 9 nitrogen and oxygen atoms in total. The smallest absolute Gasteiger partial charge is 0.284 e. The first-order valence-corrected chi connectivity index (χ1v) is 11.2. The minimum atomic E-state index is -3.91. The summed E-state index contributed by atoms with van der Waals surface area (Å²) >= 11 is 0.897. The summed E-state index contributed by atoms with van der Waals surface area (Å²) in [6.45, 7) is 7.01. The third kappa shape index (κ3) is 5.23. The Morgan fingerprint density at radius 1 is 1.10 bits per heavy atom. The molecule has 3 rings (SSSR count). The van der Waals surface area contributed by atoms with Crippen molar-refractivity contribution < 1.29 is 17.8 Å². The second-order valence-corrected chi connectivity index (χ2v) is 10.3. The SMILES string of the molecule is Cc1ccc(-c2nnc(Sc3ccc(S(=O)(=O)NC(C)(C)C)cc3[N+](=O)[O-])o2)cc1. The van der Waals surface area contributed by atoms with Gasteiger partial charge in [0.15, 0.2) is 0 Å². The zero-order valence-electron chi connectivity index (χ0n) is 16.7. The lowest BCUT2D eigenvalue weighted by Crippen LogP contribution is -2.40. The summed E-state index contributed by atoms with van der Waals surface area (Å²) in [4.78, 5) is 10.9. The molecule has 0 radical (unpaired) electrons. The van der Waals surface area contributed by atoms with Crippen molar-refractivity contribution in [3.05, 3.63) is 58.1 Å². The minimum absolute atomic E-state index is 0.108. The predicted molar refractivity (Wildman–Crippen MR) is 112 cm³/mol. The van der Waals surface area contributed by atoms with E-state index in [4.69, 9.17) is 4.42 Å². The Hall–Kier alpha value is -2.76. The standard InChI is InChI=1S/C19H20N4O5S2/c1-12-5-7-13(8-6-12)17-20-21-18(28-17)29-16-10-9-14(11-15(16)23(24)25)30(26,27)22-19(2,3)4/h5-11,22H,1-4H3. The summed E-state index contributed by atoms with van der Waals surface area (Å²) in [6.07, 6.45) is 0. The fraction of sp³-hybridized carbons (Fsp3) is 0.263. The van der Waals surface area contributed by atoms with Gasteiger partial charge in [0.1, 0.15) is 0 Å². The Bertz CT molecular complexity index is 1180. The van der Waals surface area contributed by atoms with Crippen molar-refractivity contribution in [1.29, 1.82) is 0 Å². The number of aryl methyl sites for hydroxylation is 1. The molecular weight excluding hydrogens is 428 g/mol.